The van der Waals surface area contributed by atoms with E-state index in [1.54, 1.807) is 0 Å². The fraction of sp³-hybridized carbons (Fsp3) is 0.929. The van der Waals surface area contributed by atoms with Crippen molar-refractivity contribution in [3.63, 3.8) is 0 Å². The minimum atomic E-state index is -0.659. The molecular formula is C28H58O4Sn. The first-order valence-corrected chi connectivity index (χ1v) is 16.3. The van der Waals surface area contributed by atoms with Gasteiger partial charge in [0.1, 0.15) is 0 Å². The number of hydrogen-bond donors (Lipinski definition) is 2. The molecule has 0 heterocycles. The Bertz CT molecular complexity index is 354. The molecule has 5 heteroatoms. The molecule has 33 heavy (non-hydrogen) atoms. The van der Waals surface area contributed by atoms with Crippen molar-refractivity contribution in [2.75, 3.05) is 0 Å². The van der Waals surface area contributed by atoms with Gasteiger partial charge in [0.15, 0.2) is 0 Å². The molecule has 4 nitrogen and oxygen atoms in total. The predicted octanol–water partition coefficient (Wildman–Crippen LogP) is 8.95. The normalized spacial score (nSPS) is 10.2. The Labute approximate surface area is 220 Å². The second-order valence-corrected chi connectivity index (χ2v) is 10.9. The van der Waals surface area contributed by atoms with Crippen LogP contribution >= 0.6 is 0 Å². The Morgan fingerprint density at radius 1 is 0.545 bits per heavy atom. The second-order valence-electron chi connectivity index (χ2n) is 9.57. The van der Waals surface area contributed by atoms with Crippen LogP contribution in [0.1, 0.15) is 156 Å². The number of carboxylic acids is 2. The van der Waals surface area contributed by atoms with Crippen LogP contribution < -0.4 is 0 Å². The first-order chi connectivity index (χ1) is 15.8. The Hall–Kier alpha value is -0.261. The Kier molecular flexibility index (Phi) is 38.3. The quantitative estimate of drug-likeness (QED) is 0.106. The first-order valence-electron chi connectivity index (χ1n) is 13.9. The van der Waals surface area contributed by atoms with E-state index < -0.39 is 11.9 Å². The van der Waals surface area contributed by atoms with Crippen LogP contribution in [0.15, 0.2) is 0 Å². The minimum Gasteiger partial charge on any atom is -0.481 e. The standard InChI is InChI=1S/2C12H24O2.C4H9.Sn.H/c2*1-2-3-4-5-6-7-8-9-10-11-12(13)14;1-4(2)3;;/h2*2-11H2,1H3,(H,13,14);4H,1H2,2-3H3;;. The largest absolute Gasteiger partial charge is 0.481 e. The zero-order valence-electron chi connectivity index (χ0n) is 22.7. The van der Waals surface area contributed by atoms with Gasteiger partial charge in [-0.25, -0.2) is 0 Å². The number of unbranched alkanes of at least 4 members (excludes halogenated alkanes) is 16. The summed E-state index contributed by atoms with van der Waals surface area (Å²) in [5.41, 5.74) is 0. The van der Waals surface area contributed by atoms with Crippen LogP contribution in [0.4, 0.5) is 0 Å². The van der Waals surface area contributed by atoms with Gasteiger partial charge < -0.3 is 10.2 Å². The molecule has 0 aliphatic rings. The molecule has 0 aliphatic heterocycles. The van der Waals surface area contributed by atoms with E-state index in [1.165, 1.54) is 117 Å². The molecule has 0 aromatic rings. The zero-order valence-corrected chi connectivity index (χ0v) is 26.0. The molecule has 0 saturated carbocycles. The Morgan fingerprint density at radius 2 is 0.758 bits per heavy atom. The molecule has 0 saturated heterocycles. The van der Waals surface area contributed by atoms with Crippen molar-refractivity contribution in [2.45, 2.75) is 161 Å². The monoisotopic (exact) mass is 578 g/mol. The van der Waals surface area contributed by atoms with Gasteiger partial charge in [0.05, 0.1) is 0 Å². The molecular weight excluding hydrogens is 519 g/mol. The first kappa shape index (κ1) is 37.3. The number of carboxylic acid groups (broad SMARTS) is 2. The zero-order chi connectivity index (χ0) is 25.6. The Balaban J connectivity index is -0.000000453. The summed E-state index contributed by atoms with van der Waals surface area (Å²) in [6, 6.07) is 0. The van der Waals surface area contributed by atoms with Gasteiger partial charge in [0.2, 0.25) is 0 Å². The summed E-state index contributed by atoms with van der Waals surface area (Å²) in [6.07, 6.45) is 23.0. The number of hydrogen-bond acceptors (Lipinski definition) is 2. The molecule has 0 fully saturated rings. The van der Waals surface area contributed by atoms with Gasteiger partial charge in [-0.05, 0) is 12.8 Å². The van der Waals surface area contributed by atoms with Crippen molar-refractivity contribution in [1.29, 1.82) is 0 Å². The summed E-state index contributed by atoms with van der Waals surface area (Å²) < 4.78 is 1.44. The van der Waals surface area contributed by atoms with Crippen molar-refractivity contribution in [2.24, 2.45) is 5.92 Å². The van der Waals surface area contributed by atoms with E-state index in [0.29, 0.717) is 12.8 Å². The van der Waals surface area contributed by atoms with E-state index in [-0.39, 0.29) is 0 Å². The average molecular weight is 577 g/mol. The summed E-state index contributed by atoms with van der Waals surface area (Å²) in [7, 11) is 0. The summed E-state index contributed by atoms with van der Waals surface area (Å²) in [5.74, 6) is -0.377. The van der Waals surface area contributed by atoms with E-state index in [4.69, 9.17) is 10.2 Å². The molecule has 0 amide bonds. The molecule has 0 aliphatic carbocycles. The third kappa shape index (κ3) is 49.8. The summed E-state index contributed by atoms with van der Waals surface area (Å²) in [6.45, 7) is 8.97. The molecule has 2 N–H and O–H groups in total. The Morgan fingerprint density at radius 3 is 0.939 bits per heavy atom. The van der Waals surface area contributed by atoms with Crippen LogP contribution in [0.5, 0.6) is 0 Å². The van der Waals surface area contributed by atoms with Gasteiger partial charge in [-0.3, -0.25) is 9.59 Å². The van der Waals surface area contributed by atoms with Gasteiger partial charge in [0, 0.05) is 12.8 Å². The van der Waals surface area contributed by atoms with Gasteiger partial charge in [-0.15, -0.1) is 0 Å². The molecule has 2 radical (unpaired) electrons. The van der Waals surface area contributed by atoms with E-state index in [0.717, 1.165) is 31.6 Å². The SMILES string of the molecule is CC(C)[CH2][SnH].CCCCCCCCCCCC(=O)O.CCCCCCCCCCCC(=O)O. The van der Waals surface area contributed by atoms with E-state index in [1.807, 2.05) is 0 Å². The smallest absolute Gasteiger partial charge is 0.303 e. The van der Waals surface area contributed by atoms with Crippen LogP contribution in [-0.4, -0.2) is 44.7 Å². The van der Waals surface area contributed by atoms with Gasteiger partial charge in [0.25, 0.3) is 0 Å². The molecule has 0 spiro atoms. The molecule has 198 valence electrons. The molecule has 0 aromatic carbocycles. The molecule has 0 unspecified atom stereocenters. The number of rotatable bonds is 21. The van der Waals surface area contributed by atoms with Crippen molar-refractivity contribution < 1.29 is 19.8 Å². The minimum absolute atomic E-state index is 0.343. The molecule has 0 atom stereocenters. The van der Waals surface area contributed by atoms with E-state index in [2.05, 4.69) is 27.7 Å². The van der Waals surface area contributed by atoms with Crippen molar-refractivity contribution >= 4 is 34.5 Å². The maximum Gasteiger partial charge on any atom is 0.303 e. The number of aliphatic carboxylic acids is 2. The van der Waals surface area contributed by atoms with Gasteiger partial charge in [-0.1, -0.05) is 117 Å². The van der Waals surface area contributed by atoms with Crippen molar-refractivity contribution in [1.82, 2.24) is 0 Å². The third-order valence-corrected chi connectivity index (χ3v) is 8.15. The second kappa shape index (κ2) is 33.9. The fourth-order valence-electron chi connectivity index (χ4n) is 3.17. The summed E-state index contributed by atoms with van der Waals surface area (Å²) in [5, 5.41) is 16.8. The van der Waals surface area contributed by atoms with Crippen molar-refractivity contribution in [3.8, 4) is 0 Å². The van der Waals surface area contributed by atoms with Crippen LogP contribution in [0, 0.1) is 5.92 Å². The summed E-state index contributed by atoms with van der Waals surface area (Å²) >= 11 is 1.43. The van der Waals surface area contributed by atoms with E-state index in [9.17, 15) is 9.59 Å². The number of carbonyl (C=O) groups is 2. The molecule has 0 rings (SSSR count). The summed E-state index contributed by atoms with van der Waals surface area (Å²) in [4.78, 5) is 20.4. The van der Waals surface area contributed by atoms with Crippen LogP contribution in [-0.2, 0) is 9.59 Å². The van der Waals surface area contributed by atoms with Crippen LogP contribution in [0.25, 0.3) is 0 Å². The van der Waals surface area contributed by atoms with Gasteiger partial charge >= 0.3 is 58.7 Å². The van der Waals surface area contributed by atoms with Crippen LogP contribution in [0.2, 0.25) is 4.44 Å². The third-order valence-electron chi connectivity index (χ3n) is 5.46. The average Bonchev–Trinajstić information content (AvgIpc) is 2.77. The molecule has 0 bridgehead atoms. The van der Waals surface area contributed by atoms with Crippen LogP contribution in [0.3, 0.4) is 0 Å². The predicted molar refractivity (Wildman–Crippen MR) is 146 cm³/mol. The fourth-order valence-corrected chi connectivity index (χ4v) is 3.17. The van der Waals surface area contributed by atoms with Crippen molar-refractivity contribution in [3.05, 3.63) is 0 Å². The van der Waals surface area contributed by atoms with E-state index >= 15 is 0 Å². The maximum absolute atomic E-state index is 10.2. The topological polar surface area (TPSA) is 74.6 Å². The molecule has 0 aromatic heterocycles. The van der Waals surface area contributed by atoms with Gasteiger partial charge in [-0.2, -0.15) is 0 Å². The maximum atomic E-state index is 10.2.